The summed E-state index contributed by atoms with van der Waals surface area (Å²) in [5.41, 5.74) is 3.58. The molecule has 28 heavy (non-hydrogen) atoms. The van der Waals surface area contributed by atoms with Gasteiger partial charge in [-0.2, -0.15) is 15.3 Å². The highest BCUT2D eigenvalue weighted by Gasteiger charge is 2.14. The van der Waals surface area contributed by atoms with Crippen LogP contribution in [-0.4, -0.2) is 47.4 Å². The molecule has 7 heteroatoms. The van der Waals surface area contributed by atoms with Crippen molar-refractivity contribution in [1.82, 2.24) is 20.0 Å². The number of methoxy groups -OCH3 is 2. The molecule has 7 nitrogen and oxygen atoms in total. The van der Waals surface area contributed by atoms with Gasteiger partial charge >= 0.3 is 0 Å². The maximum atomic E-state index is 5.82. The number of rotatable bonds is 7. The van der Waals surface area contributed by atoms with Crippen molar-refractivity contribution >= 4 is 10.9 Å². The molecular weight excluding hydrogens is 356 g/mol. The lowest BCUT2D eigenvalue weighted by molar-refractivity contribution is 0.144. The first-order chi connectivity index (χ1) is 13.8. The summed E-state index contributed by atoms with van der Waals surface area (Å²) in [5.74, 6) is 1.24. The van der Waals surface area contributed by atoms with Crippen LogP contribution < -0.4 is 9.47 Å². The van der Waals surface area contributed by atoms with Gasteiger partial charge in [0.25, 0.3) is 0 Å². The molecule has 0 atom stereocenters. The number of fused-ring (bicyclic) bond motifs is 1. The SMILES string of the molecule is COCCOc1cc2c(-c3cnn(-c4ccccc4)c3)cnnc2cc1OC. The molecule has 4 rings (SSSR count). The van der Waals surface area contributed by atoms with Crippen LogP contribution in [0.4, 0.5) is 0 Å². The molecule has 0 aliphatic carbocycles. The molecule has 0 spiro atoms. The van der Waals surface area contributed by atoms with Gasteiger partial charge in [0, 0.05) is 35.9 Å². The van der Waals surface area contributed by atoms with Crippen LogP contribution in [0.15, 0.2) is 61.1 Å². The minimum atomic E-state index is 0.429. The van der Waals surface area contributed by atoms with Crippen LogP contribution >= 0.6 is 0 Å². The molecule has 0 radical (unpaired) electrons. The third-order valence-corrected chi connectivity index (χ3v) is 4.38. The zero-order valence-electron chi connectivity index (χ0n) is 15.7. The van der Waals surface area contributed by atoms with E-state index >= 15 is 0 Å². The number of hydrogen-bond donors (Lipinski definition) is 0. The lowest BCUT2D eigenvalue weighted by Crippen LogP contribution is -2.05. The highest BCUT2D eigenvalue weighted by atomic mass is 16.5. The Morgan fingerprint density at radius 1 is 0.964 bits per heavy atom. The quantitative estimate of drug-likeness (QED) is 0.460. The lowest BCUT2D eigenvalue weighted by Gasteiger charge is -2.12. The van der Waals surface area contributed by atoms with Gasteiger partial charge in [-0.05, 0) is 18.2 Å². The molecule has 2 aromatic carbocycles. The molecule has 4 aromatic rings. The Labute approximate surface area is 162 Å². The summed E-state index contributed by atoms with van der Waals surface area (Å²) in [5, 5.41) is 13.8. The Kier molecular flexibility index (Phi) is 5.16. The standard InChI is InChI=1S/C21H20N4O3/c1-26-8-9-28-21-10-17-18(13-22-24-19(17)11-20(21)27-2)15-12-23-25(14-15)16-6-4-3-5-7-16/h3-7,10-14H,8-9H2,1-2H3. The minimum absolute atomic E-state index is 0.429. The summed E-state index contributed by atoms with van der Waals surface area (Å²) in [7, 11) is 3.24. The number of nitrogens with zero attached hydrogens (tertiary/aromatic N) is 4. The molecule has 2 heterocycles. The largest absolute Gasteiger partial charge is 0.493 e. The monoisotopic (exact) mass is 376 g/mol. The first kappa shape index (κ1) is 17.9. The molecule has 0 amide bonds. The van der Waals surface area contributed by atoms with Gasteiger partial charge in [0.15, 0.2) is 11.5 Å². The van der Waals surface area contributed by atoms with E-state index in [1.165, 1.54) is 0 Å². The average Bonchev–Trinajstić information content (AvgIpc) is 3.23. The van der Waals surface area contributed by atoms with Gasteiger partial charge in [-0.15, -0.1) is 0 Å². The van der Waals surface area contributed by atoms with Crippen LogP contribution in [0.3, 0.4) is 0 Å². The Hall–Kier alpha value is -3.45. The van der Waals surface area contributed by atoms with Gasteiger partial charge in [-0.25, -0.2) is 4.68 Å². The van der Waals surface area contributed by atoms with E-state index in [2.05, 4.69) is 15.3 Å². The number of benzene rings is 2. The topological polar surface area (TPSA) is 71.3 Å². The molecule has 0 aliphatic heterocycles. The summed E-state index contributed by atoms with van der Waals surface area (Å²) >= 11 is 0. The van der Waals surface area contributed by atoms with E-state index in [1.54, 1.807) is 20.4 Å². The Bertz CT molecular complexity index is 1080. The first-order valence-corrected chi connectivity index (χ1v) is 8.86. The van der Waals surface area contributed by atoms with E-state index in [-0.39, 0.29) is 0 Å². The third kappa shape index (κ3) is 3.52. The predicted octanol–water partition coefficient (Wildman–Crippen LogP) is 3.52. The Balaban J connectivity index is 1.77. The third-order valence-electron chi connectivity index (χ3n) is 4.38. The Morgan fingerprint density at radius 3 is 2.61 bits per heavy atom. The fourth-order valence-corrected chi connectivity index (χ4v) is 2.99. The first-order valence-electron chi connectivity index (χ1n) is 8.86. The number of ether oxygens (including phenoxy) is 3. The van der Waals surface area contributed by atoms with E-state index in [0.717, 1.165) is 27.7 Å². The Morgan fingerprint density at radius 2 is 1.82 bits per heavy atom. The zero-order chi connectivity index (χ0) is 19.3. The van der Waals surface area contributed by atoms with Crippen molar-refractivity contribution in [2.45, 2.75) is 0 Å². The summed E-state index contributed by atoms with van der Waals surface area (Å²) in [6.45, 7) is 0.921. The minimum Gasteiger partial charge on any atom is -0.493 e. The van der Waals surface area contributed by atoms with Crippen molar-refractivity contribution in [3.63, 3.8) is 0 Å². The van der Waals surface area contributed by atoms with Crippen LogP contribution in [-0.2, 0) is 4.74 Å². The van der Waals surface area contributed by atoms with E-state index in [0.29, 0.717) is 24.7 Å². The van der Waals surface area contributed by atoms with Crippen LogP contribution in [0.2, 0.25) is 0 Å². The van der Waals surface area contributed by atoms with Gasteiger partial charge in [0.05, 0.1) is 37.3 Å². The van der Waals surface area contributed by atoms with Crippen molar-refractivity contribution in [2.24, 2.45) is 0 Å². The molecule has 0 saturated carbocycles. The van der Waals surface area contributed by atoms with E-state index < -0.39 is 0 Å². The van der Waals surface area contributed by atoms with Crippen LogP contribution in [0.5, 0.6) is 11.5 Å². The van der Waals surface area contributed by atoms with Gasteiger partial charge in [-0.1, -0.05) is 18.2 Å². The molecule has 2 aromatic heterocycles. The van der Waals surface area contributed by atoms with Crippen LogP contribution in [0.1, 0.15) is 0 Å². The summed E-state index contributed by atoms with van der Waals surface area (Å²) in [6.07, 6.45) is 5.53. The second-order valence-corrected chi connectivity index (χ2v) is 6.13. The molecule has 0 bridgehead atoms. The fourth-order valence-electron chi connectivity index (χ4n) is 2.99. The molecule has 0 fully saturated rings. The van der Waals surface area contributed by atoms with Crippen LogP contribution in [0.25, 0.3) is 27.7 Å². The smallest absolute Gasteiger partial charge is 0.162 e. The van der Waals surface area contributed by atoms with E-state index in [4.69, 9.17) is 14.2 Å². The average molecular weight is 376 g/mol. The molecule has 0 aliphatic rings. The number of aromatic nitrogens is 4. The molecule has 142 valence electrons. The predicted molar refractivity (Wildman–Crippen MR) is 106 cm³/mol. The molecular formula is C21H20N4O3. The van der Waals surface area contributed by atoms with Gasteiger partial charge < -0.3 is 14.2 Å². The molecule has 0 unspecified atom stereocenters. The molecule has 0 N–H and O–H groups in total. The highest BCUT2D eigenvalue weighted by Crippen LogP contribution is 2.35. The van der Waals surface area contributed by atoms with Crippen molar-refractivity contribution < 1.29 is 14.2 Å². The fraction of sp³-hybridized carbons (Fsp3) is 0.190. The van der Waals surface area contributed by atoms with Gasteiger partial charge in [0.2, 0.25) is 0 Å². The number of hydrogen-bond acceptors (Lipinski definition) is 6. The summed E-state index contributed by atoms with van der Waals surface area (Å²) in [6, 6.07) is 13.7. The maximum Gasteiger partial charge on any atom is 0.162 e. The normalized spacial score (nSPS) is 10.9. The van der Waals surface area contributed by atoms with Gasteiger partial charge in [-0.3, -0.25) is 0 Å². The van der Waals surface area contributed by atoms with E-state index in [1.807, 2.05) is 59.5 Å². The number of para-hydroxylation sites is 1. The second kappa shape index (κ2) is 8.06. The summed E-state index contributed by atoms with van der Waals surface area (Å²) in [4.78, 5) is 0. The lowest BCUT2D eigenvalue weighted by atomic mass is 10.1. The van der Waals surface area contributed by atoms with Crippen LogP contribution in [0, 0.1) is 0 Å². The highest BCUT2D eigenvalue weighted by molar-refractivity contribution is 5.95. The van der Waals surface area contributed by atoms with Crippen molar-refractivity contribution in [3.05, 3.63) is 61.1 Å². The van der Waals surface area contributed by atoms with Gasteiger partial charge in [0.1, 0.15) is 6.61 Å². The van der Waals surface area contributed by atoms with Crippen molar-refractivity contribution in [2.75, 3.05) is 27.4 Å². The maximum absolute atomic E-state index is 5.82. The summed E-state index contributed by atoms with van der Waals surface area (Å²) < 4.78 is 18.2. The second-order valence-electron chi connectivity index (χ2n) is 6.13. The van der Waals surface area contributed by atoms with Crippen molar-refractivity contribution in [3.8, 4) is 28.3 Å². The molecule has 0 saturated heterocycles. The van der Waals surface area contributed by atoms with E-state index in [9.17, 15) is 0 Å². The zero-order valence-corrected chi connectivity index (χ0v) is 15.7. The van der Waals surface area contributed by atoms with Crippen molar-refractivity contribution in [1.29, 1.82) is 0 Å².